The molecule has 3 aromatic carbocycles. The van der Waals surface area contributed by atoms with Crippen molar-refractivity contribution in [3.8, 4) is 11.5 Å². The fourth-order valence-corrected chi connectivity index (χ4v) is 5.34. The summed E-state index contributed by atoms with van der Waals surface area (Å²) in [5, 5.41) is 8.84. The molecule has 8 heteroatoms. The zero-order valence-corrected chi connectivity index (χ0v) is 24.5. The lowest BCUT2D eigenvalue weighted by molar-refractivity contribution is -0.122. The number of rotatable bonds is 12. The molecule has 4 N–H and O–H groups in total. The maximum absolute atomic E-state index is 13.8. The number of pyridine rings is 1. The Morgan fingerprint density at radius 3 is 2.55 bits per heavy atom. The molecule has 0 radical (unpaired) electrons. The molecular formula is C32H38N4O3S. The number of anilines is 2. The molecule has 1 atom stereocenters. The number of nitrogen functional groups attached to an aromatic ring is 1. The van der Waals surface area contributed by atoms with Gasteiger partial charge in [0.05, 0.1) is 12.7 Å². The summed E-state index contributed by atoms with van der Waals surface area (Å²) in [4.78, 5) is 19.2. The van der Waals surface area contributed by atoms with Gasteiger partial charge < -0.3 is 25.8 Å². The monoisotopic (exact) mass is 558 g/mol. The van der Waals surface area contributed by atoms with Gasteiger partial charge >= 0.3 is 0 Å². The van der Waals surface area contributed by atoms with Gasteiger partial charge in [-0.05, 0) is 79.7 Å². The molecule has 0 spiro atoms. The van der Waals surface area contributed by atoms with Crippen LogP contribution in [0.5, 0.6) is 11.5 Å². The van der Waals surface area contributed by atoms with Crippen molar-refractivity contribution in [2.75, 3.05) is 17.7 Å². The van der Waals surface area contributed by atoms with Gasteiger partial charge in [0.1, 0.15) is 11.9 Å². The standard InChI is InChI=1S/C32H38N4O3S/c1-6-38-28-18-23(11-14-27(28)39-20(2)3)30(36-25-12-13-26-22(17-25)15-16-34-31(26)33)32(37)35-19-24-9-7-8-10-29(24)40-21(4)5/h7-18,20-21,30,36H,6,19H2,1-5H3,(H2,33,34)(H,35,37). The van der Waals surface area contributed by atoms with Gasteiger partial charge in [-0.1, -0.05) is 38.1 Å². The van der Waals surface area contributed by atoms with Crippen molar-refractivity contribution in [1.82, 2.24) is 10.3 Å². The van der Waals surface area contributed by atoms with Gasteiger partial charge in [-0.2, -0.15) is 0 Å². The van der Waals surface area contributed by atoms with Crippen molar-refractivity contribution in [1.29, 1.82) is 0 Å². The van der Waals surface area contributed by atoms with Crippen molar-refractivity contribution >= 4 is 39.9 Å². The van der Waals surface area contributed by atoms with Crippen molar-refractivity contribution < 1.29 is 14.3 Å². The SMILES string of the molecule is CCOc1cc(C(Nc2ccc3c(N)nccc3c2)C(=O)NCc2ccccc2SC(C)C)ccc1OC(C)C. The molecule has 1 unspecified atom stereocenters. The number of carbonyl (C=O) groups excluding carboxylic acids is 1. The van der Waals surface area contributed by atoms with Crippen LogP contribution >= 0.6 is 11.8 Å². The molecule has 1 aromatic heterocycles. The molecule has 0 aliphatic rings. The molecule has 1 amide bonds. The summed E-state index contributed by atoms with van der Waals surface area (Å²) >= 11 is 1.79. The van der Waals surface area contributed by atoms with Crippen LogP contribution in [0.25, 0.3) is 10.8 Å². The number of fused-ring (bicyclic) bond motifs is 1. The van der Waals surface area contributed by atoms with Crippen molar-refractivity contribution in [2.45, 2.75) is 63.5 Å². The van der Waals surface area contributed by atoms with E-state index in [1.54, 1.807) is 18.0 Å². The summed E-state index contributed by atoms with van der Waals surface area (Å²) in [6, 6.07) is 20.8. The summed E-state index contributed by atoms with van der Waals surface area (Å²) < 4.78 is 11.9. The number of nitrogens with zero attached hydrogens (tertiary/aromatic N) is 1. The second kappa shape index (κ2) is 13.4. The summed E-state index contributed by atoms with van der Waals surface area (Å²) in [6.07, 6.45) is 1.67. The van der Waals surface area contributed by atoms with E-state index in [1.165, 1.54) is 0 Å². The maximum atomic E-state index is 13.8. The highest BCUT2D eigenvalue weighted by Crippen LogP contribution is 2.34. The van der Waals surface area contributed by atoms with Gasteiger partial charge in [0, 0.05) is 34.0 Å². The maximum Gasteiger partial charge on any atom is 0.247 e. The smallest absolute Gasteiger partial charge is 0.247 e. The predicted octanol–water partition coefficient (Wildman–Crippen LogP) is 6.97. The van der Waals surface area contributed by atoms with Gasteiger partial charge in [-0.3, -0.25) is 4.79 Å². The number of aromatic nitrogens is 1. The van der Waals surface area contributed by atoms with Gasteiger partial charge in [-0.15, -0.1) is 11.8 Å². The summed E-state index contributed by atoms with van der Waals surface area (Å²) in [5.74, 6) is 1.56. The van der Waals surface area contributed by atoms with Gasteiger partial charge in [0.15, 0.2) is 11.5 Å². The Kier molecular flexibility index (Phi) is 9.77. The summed E-state index contributed by atoms with van der Waals surface area (Å²) in [7, 11) is 0. The first kappa shape index (κ1) is 29.1. The number of nitrogens with one attached hydrogen (secondary N) is 2. The minimum atomic E-state index is -0.686. The van der Waals surface area contributed by atoms with Gasteiger partial charge in [0.25, 0.3) is 0 Å². The van der Waals surface area contributed by atoms with Crippen LogP contribution < -0.4 is 25.8 Å². The van der Waals surface area contributed by atoms with E-state index in [1.807, 2.05) is 75.4 Å². The fraction of sp³-hybridized carbons (Fsp3) is 0.312. The molecule has 210 valence electrons. The lowest BCUT2D eigenvalue weighted by Crippen LogP contribution is -2.33. The van der Waals surface area contributed by atoms with E-state index in [4.69, 9.17) is 15.2 Å². The quantitative estimate of drug-likeness (QED) is 0.161. The summed E-state index contributed by atoms with van der Waals surface area (Å²) in [5.41, 5.74) is 8.68. The topological polar surface area (TPSA) is 98.5 Å². The van der Waals surface area contributed by atoms with E-state index < -0.39 is 6.04 Å². The average Bonchev–Trinajstić information content (AvgIpc) is 2.92. The molecule has 4 aromatic rings. The molecule has 7 nitrogen and oxygen atoms in total. The number of amides is 1. The molecule has 0 fully saturated rings. The molecule has 0 saturated carbocycles. The Labute approximate surface area is 240 Å². The van der Waals surface area contributed by atoms with Gasteiger partial charge in [0.2, 0.25) is 5.91 Å². The number of hydrogen-bond donors (Lipinski definition) is 3. The first-order valence-electron chi connectivity index (χ1n) is 13.6. The average molecular weight is 559 g/mol. The van der Waals surface area contributed by atoms with Crippen LogP contribution in [0, 0.1) is 0 Å². The Balaban J connectivity index is 1.66. The number of carbonyl (C=O) groups is 1. The van der Waals surface area contributed by atoms with Crippen LogP contribution in [0.3, 0.4) is 0 Å². The molecule has 4 rings (SSSR count). The number of hydrogen-bond acceptors (Lipinski definition) is 7. The third-order valence-corrected chi connectivity index (χ3v) is 7.24. The second-order valence-electron chi connectivity index (χ2n) is 10.0. The first-order valence-corrected chi connectivity index (χ1v) is 14.5. The Hall–Kier alpha value is -3.91. The zero-order chi connectivity index (χ0) is 28.6. The van der Waals surface area contributed by atoms with Crippen LogP contribution in [-0.4, -0.2) is 28.9 Å². The van der Waals surface area contributed by atoms with Crippen LogP contribution in [0.2, 0.25) is 0 Å². The van der Waals surface area contributed by atoms with Crippen molar-refractivity contribution in [3.05, 3.63) is 84.1 Å². The molecule has 0 saturated heterocycles. The van der Waals surface area contributed by atoms with Crippen LogP contribution in [0.15, 0.2) is 77.8 Å². The number of ether oxygens (including phenoxy) is 2. The Morgan fingerprint density at radius 1 is 1.00 bits per heavy atom. The highest BCUT2D eigenvalue weighted by atomic mass is 32.2. The molecule has 0 aliphatic carbocycles. The highest BCUT2D eigenvalue weighted by Gasteiger charge is 2.23. The minimum Gasteiger partial charge on any atom is -0.490 e. The fourth-order valence-electron chi connectivity index (χ4n) is 4.38. The minimum absolute atomic E-state index is 0.00872. The van der Waals surface area contributed by atoms with E-state index in [0.29, 0.717) is 35.7 Å². The van der Waals surface area contributed by atoms with Crippen LogP contribution in [-0.2, 0) is 11.3 Å². The zero-order valence-electron chi connectivity index (χ0n) is 23.7. The van der Waals surface area contributed by atoms with Crippen LogP contribution in [0.4, 0.5) is 11.5 Å². The summed E-state index contributed by atoms with van der Waals surface area (Å²) in [6.45, 7) is 11.1. The third kappa shape index (κ3) is 7.39. The lowest BCUT2D eigenvalue weighted by Gasteiger charge is -2.23. The molecule has 0 aliphatic heterocycles. The van der Waals surface area contributed by atoms with E-state index in [9.17, 15) is 4.79 Å². The van der Waals surface area contributed by atoms with Crippen LogP contribution in [0.1, 0.15) is 51.8 Å². The van der Waals surface area contributed by atoms with Gasteiger partial charge in [-0.25, -0.2) is 4.98 Å². The first-order chi connectivity index (χ1) is 19.2. The molecule has 0 bridgehead atoms. The Bertz CT molecular complexity index is 1460. The van der Waals surface area contributed by atoms with Crippen molar-refractivity contribution in [2.24, 2.45) is 0 Å². The predicted molar refractivity (Wildman–Crippen MR) is 165 cm³/mol. The third-order valence-electron chi connectivity index (χ3n) is 6.12. The molecule has 40 heavy (non-hydrogen) atoms. The van der Waals surface area contributed by atoms with E-state index >= 15 is 0 Å². The molecular weight excluding hydrogens is 520 g/mol. The Morgan fingerprint density at radius 2 is 1.80 bits per heavy atom. The number of thioether (sulfide) groups is 1. The van der Waals surface area contributed by atoms with E-state index in [-0.39, 0.29) is 12.0 Å². The normalized spacial score (nSPS) is 12.0. The van der Waals surface area contributed by atoms with Crippen molar-refractivity contribution in [3.63, 3.8) is 0 Å². The van der Waals surface area contributed by atoms with E-state index in [2.05, 4.69) is 41.6 Å². The molecule has 1 heterocycles. The number of nitrogens with two attached hydrogens (primary N) is 1. The highest BCUT2D eigenvalue weighted by molar-refractivity contribution is 8.00. The number of benzene rings is 3. The second-order valence-corrected chi connectivity index (χ2v) is 11.6. The largest absolute Gasteiger partial charge is 0.490 e. The van der Waals surface area contributed by atoms with E-state index in [0.717, 1.165) is 32.5 Å². The lowest BCUT2D eigenvalue weighted by atomic mass is 10.0.